The lowest BCUT2D eigenvalue weighted by atomic mass is 9.73. The minimum absolute atomic E-state index is 0.0704. The Morgan fingerprint density at radius 1 is 1.14 bits per heavy atom. The van der Waals surface area contributed by atoms with Crippen LogP contribution in [-0.4, -0.2) is 64.8 Å². The summed E-state index contributed by atoms with van der Waals surface area (Å²) < 4.78 is 12.0. The van der Waals surface area contributed by atoms with E-state index < -0.39 is 11.9 Å². The van der Waals surface area contributed by atoms with Crippen molar-refractivity contribution in [2.24, 2.45) is 17.8 Å². The molecule has 0 aromatic heterocycles. The summed E-state index contributed by atoms with van der Waals surface area (Å²) in [6.07, 6.45) is 2.35. The highest BCUT2D eigenvalue weighted by Gasteiger charge is 2.51. The van der Waals surface area contributed by atoms with Crippen molar-refractivity contribution in [2.75, 3.05) is 26.4 Å². The van der Waals surface area contributed by atoms with Crippen LogP contribution < -0.4 is 0 Å². The molecule has 4 atom stereocenters. The van der Waals surface area contributed by atoms with Crippen LogP contribution in [0.4, 0.5) is 0 Å². The molecule has 0 radical (unpaired) electrons. The molecule has 6 heteroatoms. The molecule has 4 N–H and O–H groups in total. The van der Waals surface area contributed by atoms with Crippen molar-refractivity contribution in [3.63, 3.8) is 0 Å². The highest BCUT2D eigenvalue weighted by atomic mass is 16.7. The summed E-state index contributed by atoms with van der Waals surface area (Å²) in [6, 6.07) is 0. The largest absolute Gasteiger partial charge is 0.394 e. The van der Waals surface area contributed by atoms with Crippen LogP contribution in [0.2, 0.25) is 0 Å². The van der Waals surface area contributed by atoms with Gasteiger partial charge in [-0.1, -0.05) is 27.2 Å². The molecule has 0 amide bonds. The molecule has 6 nitrogen and oxygen atoms in total. The third-order valence-electron chi connectivity index (χ3n) is 4.48. The lowest BCUT2D eigenvalue weighted by Crippen LogP contribution is -2.47. The predicted octanol–water partition coefficient (Wildman–Crippen LogP) is 0.514. The van der Waals surface area contributed by atoms with Gasteiger partial charge in [-0.25, -0.2) is 0 Å². The van der Waals surface area contributed by atoms with E-state index in [-0.39, 0.29) is 25.9 Å². The van der Waals surface area contributed by atoms with Gasteiger partial charge in [-0.05, 0) is 18.3 Å². The summed E-state index contributed by atoms with van der Waals surface area (Å²) in [5.41, 5.74) is 0. The van der Waals surface area contributed by atoms with Crippen molar-refractivity contribution >= 4 is 0 Å². The standard InChI is InChI=1S/C13H24O3.C3H8O3/c1-9(2)12-5-4-10(3)6-13(12)15-8-11(7-14)16-13;4-1-3(6)2-5/h9-12,14H,4-8H2,1-3H3;3-6H,1-2H2. The Morgan fingerprint density at radius 2 is 1.77 bits per heavy atom. The molecule has 0 bridgehead atoms. The van der Waals surface area contributed by atoms with Gasteiger partial charge in [0.25, 0.3) is 0 Å². The molecule has 132 valence electrons. The maximum Gasteiger partial charge on any atom is 0.172 e. The summed E-state index contributed by atoms with van der Waals surface area (Å²) in [5, 5.41) is 33.2. The second kappa shape index (κ2) is 9.15. The zero-order valence-electron chi connectivity index (χ0n) is 13.9. The van der Waals surface area contributed by atoms with E-state index in [2.05, 4.69) is 20.8 Å². The highest BCUT2D eigenvalue weighted by molar-refractivity contribution is 4.92. The van der Waals surface area contributed by atoms with Gasteiger partial charge >= 0.3 is 0 Å². The minimum Gasteiger partial charge on any atom is -0.394 e. The third kappa shape index (κ3) is 5.15. The summed E-state index contributed by atoms with van der Waals surface area (Å²) in [6.45, 7) is 6.63. The molecule has 0 aromatic rings. The van der Waals surface area contributed by atoms with Gasteiger partial charge in [-0.2, -0.15) is 0 Å². The monoisotopic (exact) mass is 320 g/mol. The van der Waals surface area contributed by atoms with Gasteiger partial charge in [0.15, 0.2) is 5.79 Å². The van der Waals surface area contributed by atoms with Crippen LogP contribution in [0.5, 0.6) is 0 Å². The first-order valence-corrected chi connectivity index (χ1v) is 8.20. The molecule has 1 saturated carbocycles. The minimum atomic E-state index is -0.954. The summed E-state index contributed by atoms with van der Waals surface area (Å²) in [5.74, 6) is 1.30. The van der Waals surface area contributed by atoms with E-state index >= 15 is 0 Å². The third-order valence-corrected chi connectivity index (χ3v) is 4.48. The normalized spacial score (nSPS) is 35.0. The van der Waals surface area contributed by atoms with Crippen molar-refractivity contribution < 1.29 is 29.9 Å². The molecule has 2 rings (SSSR count). The molecule has 1 heterocycles. The predicted molar refractivity (Wildman–Crippen MR) is 82.2 cm³/mol. The number of hydrogen-bond donors (Lipinski definition) is 4. The maximum absolute atomic E-state index is 9.17. The van der Waals surface area contributed by atoms with Gasteiger partial charge in [-0.3, -0.25) is 0 Å². The number of hydrogen-bond acceptors (Lipinski definition) is 6. The van der Waals surface area contributed by atoms with E-state index in [0.717, 1.165) is 6.42 Å². The molecule has 1 aliphatic carbocycles. The molecule has 2 fully saturated rings. The molecule has 1 aliphatic heterocycles. The fourth-order valence-corrected chi connectivity index (χ4v) is 3.30. The van der Waals surface area contributed by atoms with Crippen LogP contribution in [0.3, 0.4) is 0 Å². The van der Waals surface area contributed by atoms with Crippen molar-refractivity contribution in [3.05, 3.63) is 0 Å². The Kier molecular flexibility index (Phi) is 8.24. The van der Waals surface area contributed by atoms with Gasteiger partial charge in [-0.15, -0.1) is 0 Å². The average molecular weight is 320 g/mol. The lowest BCUT2D eigenvalue weighted by molar-refractivity contribution is -0.240. The molecule has 0 aromatic carbocycles. The van der Waals surface area contributed by atoms with E-state index in [1.165, 1.54) is 12.8 Å². The van der Waals surface area contributed by atoms with Crippen LogP contribution in [0, 0.1) is 17.8 Å². The van der Waals surface area contributed by atoms with Crippen LogP contribution in [-0.2, 0) is 9.47 Å². The highest BCUT2D eigenvalue weighted by Crippen LogP contribution is 2.47. The first kappa shape index (κ1) is 19.8. The first-order valence-electron chi connectivity index (χ1n) is 8.20. The van der Waals surface area contributed by atoms with Crippen molar-refractivity contribution in [1.82, 2.24) is 0 Å². The van der Waals surface area contributed by atoms with E-state index in [1.807, 2.05) is 0 Å². The summed E-state index contributed by atoms with van der Waals surface area (Å²) >= 11 is 0. The van der Waals surface area contributed by atoms with Gasteiger partial charge in [0, 0.05) is 12.3 Å². The van der Waals surface area contributed by atoms with Gasteiger partial charge in [0.1, 0.15) is 12.2 Å². The zero-order valence-corrected chi connectivity index (χ0v) is 13.9. The van der Waals surface area contributed by atoms with Crippen LogP contribution in [0.1, 0.15) is 40.0 Å². The van der Waals surface area contributed by atoms with Crippen molar-refractivity contribution in [1.29, 1.82) is 0 Å². The summed E-state index contributed by atoms with van der Waals surface area (Å²) in [7, 11) is 0. The molecule has 22 heavy (non-hydrogen) atoms. The Labute approximate surface area is 133 Å². The van der Waals surface area contributed by atoms with E-state index in [4.69, 9.17) is 29.9 Å². The molecular weight excluding hydrogens is 288 g/mol. The van der Waals surface area contributed by atoms with E-state index in [0.29, 0.717) is 24.4 Å². The van der Waals surface area contributed by atoms with Crippen LogP contribution in [0.25, 0.3) is 0 Å². The van der Waals surface area contributed by atoms with Gasteiger partial charge in [0.05, 0.1) is 26.4 Å². The summed E-state index contributed by atoms with van der Waals surface area (Å²) in [4.78, 5) is 0. The number of rotatable bonds is 4. The Hall–Kier alpha value is -0.240. The molecule has 1 spiro atoms. The fraction of sp³-hybridized carbons (Fsp3) is 1.00. The van der Waals surface area contributed by atoms with Crippen LogP contribution >= 0.6 is 0 Å². The van der Waals surface area contributed by atoms with Gasteiger partial charge in [0.2, 0.25) is 0 Å². The van der Waals surface area contributed by atoms with Crippen molar-refractivity contribution in [2.45, 2.75) is 58.0 Å². The quantitative estimate of drug-likeness (QED) is 0.602. The molecule has 1 saturated heterocycles. The van der Waals surface area contributed by atoms with E-state index in [1.54, 1.807) is 0 Å². The first-order chi connectivity index (χ1) is 10.4. The van der Waals surface area contributed by atoms with Crippen LogP contribution in [0.15, 0.2) is 0 Å². The Balaban J connectivity index is 0.000000346. The maximum atomic E-state index is 9.17. The average Bonchev–Trinajstić information content (AvgIpc) is 2.89. The Bertz CT molecular complexity index is 307. The second-order valence-corrected chi connectivity index (χ2v) is 6.80. The lowest BCUT2D eigenvalue weighted by Gasteiger charge is -2.44. The zero-order chi connectivity index (χ0) is 16.8. The molecule has 4 unspecified atom stereocenters. The number of aliphatic hydroxyl groups excluding tert-OH is 4. The topological polar surface area (TPSA) is 99.4 Å². The molecule has 2 aliphatic rings. The smallest absolute Gasteiger partial charge is 0.172 e. The second-order valence-electron chi connectivity index (χ2n) is 6.80. The molecular formula is C16H32O6. The van der Waals surface area contributed by atoms with Crippen molar-refractivity contribution in [3.8, 4) is 0 Å². The fourth-order valence-electron chi connectivity index (χ4n) is 3.30. The number of ether oxygens (including phenoxy) is 2. The van der Waals surface area contributed by atoms with Gasteiger partial charge < -0.3 is 29.9 Å². The number of aliphatic hydroxyl groups is 4. The van der Waals surface area contributed by atoms with E-state index in [9.17, 15) is 0 Å². The Morgan fingerprint density at radius 3 is 2.18 bits per heavy atom. The SMILES string of the molecule is CC1CCC(C(C)C)C2(C1)OCC(CO)O2.OCC(O)CO.